The number of rotatable bonds is 3. The second kappa shape index (κ2) is 5.10. The van der Waals surface area contributed by atoms with Crippen molar-refractivity contribution in [2.45, 2.75) is 20.4 Å². The van der Waals surface area contributed by atoms with E-state index in [-0.39, 0.29) is 0 Å². The topological polar surface area (TPSA) is 90.7 Å². The highest BCUT2D eigenvalue weighted by molar-refractivity contribution is 7.09. The Kier molecular flexibility index (Phi) is 3.29. The van der Waals surface area contributed by atoms with E-state index in [0.29, 0.717) is 24.0 Å². The minimum absolute atomic E-state index is 0.387. The van der Waals surface area contributed by atoms with Gasteiger partial charge in [-0.1, -0.05) is 11.2 Å². The highest BCUT2D eigenvalue weighted by Crippen LogP contribution is 2.24. The van der Waals surface area contributed by atoms with Gasteiger partial charge in [0, 0.05) is 18.1 Å². The highest BCUT2D eigenvalue weighted by Gasteiger charge is 2.15. The van der Waals surface area contributed by atoms with Crippen LogP contribution in [0.5, 0.6) is 0 Å². The van der Waals surface area contributed by atoms with Gasteiger partial charge in [0.15, 0.2) is 0 Å². The van der Waals surface area contributed by atoms with E-state index < -0.39 is 0 Å². The van der Waals surface area contributed by atoms with Crippen LogP contribution in [-0.2, 0) is 6.54 Å². The maximum absolute atomic E-state index is 5.54. The molecule has 0 saturated carbocycles. The summed E-state index contributed by atoms with van der Waals surface area (Å²) in [5.74, 6) is 0.859. The van der Waals surface area contributed by atoms with E-state index >= 15 is 0 Å². The molecule has 0 radical (unpaired) electrons. The number of hydrogen-bond donors (Lipinski definition) is 1. The summed E-state index contributed by atoms with van der Waals surface area (Å²) in [7, 11) is 0. The Bertz CT molecular complexity index is 749. The van der Waals surface area contributed by atoms with Gasteiger partial charge in [0.1, 0.15) is 16.4 Å². The summed E-state index contributed by atoms with van der Waals surface area (Å²) in [5.41, 5.74) is 9.03. The largest absolute Gasteiger partial charge is 0.332 e. The fraction of sp³-hybridized carbons (Fsp3) is 0.231. The van der Waals surface area contributed by atoms with Gasteiger partial charge in [0.2, 0.25) is 5.82 Å². The Morgan fingerprint density at radius 1 is 1.30 bits per heavy atom. The molecule has 0 aromatic carbocycles. The number of hydrogen-bond acceptors (Lipinski definition) is 7. The minimum Gasteiger partial charge on any atom is -0.332 e. The van der Waals surface area contributed by atoms with Gasteiger partial charge in [0.05, 0.1) is 0 Å². The van der Waals surface area contributed by atoms with Crippen LogP contribution < -0.4 is 5.73 Å². The molecule has 0 aliphatic rings. The van der Waals surface area contributed by atoms with E-state index in [1.165, 1.54) is 11.3 Å². The lowest BCUT2D eigenvalue weighted by atomic mass is 10.1. The Morgan fingerprint density at radius 3 is 2.85 bits per heavy atom. The third-order valence-electron chi connectivity index (χ3n) is 2.80. The van der Waals surface area contributed by atoms with Crippen molar-refractivity contribution >= 4 is 11.3 Å². The minimum atomic E-state index is 0.387. The van der Waals surface area contributed by atoms with Crippen molar-refractivity contribution < 1.29 is 4.52 Å². The smallest absolute Gasteiger partial charge is 0.277 e. The number of aromatic nitrogens is 4. The Balaban J connectivity index is 1.97. The lowest BCUT2D eigenvalue weighted by molar-refractivity contribution is 0.431. The zero-order chi connectivity index (χ0) is 14.1. The lowest BCUT2D eigenvalue weighted by Gasteiger charge is -2.00. The Hall–Kier alpha value is -2.12. The van der Waals surface area contributed by atoms with E-state index in [4.69, 9.17) is 10.3 Å². The first kappa shape index (κ1) is 12.9. The standard InChI is InChI=1S/C13H13N5OS/c1-7-3-8(2)11(15-5-7)12-17-13(19-18-12)9-6-20-10(4-14)16-9/h3,5-6H,4,14H2,1-2H3. The first-order valence-electron chi connectivity index (χ1n) is 6.09. The molecule has 0 bridgehead atoms. The van der Waals surface area contributed by atoms with Crippen LogP contribution in [0.1, 0.15) is 16.1 Å². The maximum atomic E-state index is 5.54. The number of nitrogens with zero attached hydrogens (tertiary/aromatic N) is 4. The molecule has 3 rings (SSSR count). The van der Waals surface area contributed by atoms with E-state index in [9.17, 15) is 0 Å². The molecule has 0 aliphatic heterocycles. The van der Waals surface area contributed by atoms with Crippen LogP contribution in [0.2, 0.25) is 0 Å². The summed E-state index contributed by atoms with van der Waals surface area (Å²) in [6.45, 7) is 4.38. The molecular formula is C13H13N5OS. The number of nitrogens with two attached hydrogens (primary N) is 1. The van der Waals surface area contributed by atoms with Crippen molar-refractivity contribution in [2.24, 2.45) is 5.73 Å². The molecule has 0 saturated heterocycles. The van der Waals surface area contributed by atoms with Crippen molar-refractivity contribution in [1.29, 1.82) is 0 Å². The SMILES string of the molecule is Cc1cnc(-c2noc(-c3csc(CN)n3)n2)c(C)c1. The van der Waals surface area contributed by atoms with Gasteiger partial charge in [-0.25, -0.2) is 4.98 Å². The van der Waals surface area contributed by atoms with Gasteiger partial charge in [0.25, 0.3) is 5.89 Å². The summed E-state index contributed by atoms with van der Waals surface area (Å²) in [4.78, 5) is 13.0. The molecule has 7 heteroatoms. The molecule has 0 aliphatic carbocycles. The summed E-state index contributed by atoms with van der Waals surface area (Å²) in [6.07, 6.45) is 1.79. The van der Waals surface area contributed by atoms with Crippen LogP contribution in [0.25, 0.3) is 23.1 Å². The average molecular weight is 287 g/mol. The summed E-state index contributed by atoms with van der Waals surface area (Å²) >= 11 is 1.48. The predicted octanol–water partition coefficient (Wildman–Crippen LogP) is 2.33. The van der Waals surface area contributed by atoms with E-state index in [1.807, 2.05) is 25.3 Å². The molecule has 0 amide bonds. The average Bonchev–Trinajstić information content (AvgIpc) is 3.07. The van der Waals surface area contributed by atoms with Gasteiger partial charge >= 0.3 is 0 Å². The fourth-order valence-corrected chi connectivity index (χ4v) is 2.52. The zero-order valence-corrected chi connectivity index (χ0v) is 11.9. The molecule has 0 fully saturated rings. The molecule has 6 nitrogen and oxygen atoms in total. The molecule has 0 unspecified atom stereocenters. The number of thiazole rings is 1. The highest BCUT2D eigenvalue weighted by atomic mass is 32.1. The van der Waals surface area contributed by atoms with Crippen molar-refractivity contribution in [3.63, 3.8) is 0 Å². The van der Waals surface area contributed by atoms with E-state index in [1.54, 1.807) is 6.20 Å². The van der Waals surface area contributed by atoms with Crippen LogP contribution in [0.15, 0.2) is 22.2 Å². The fourth-order valence-electron chi connectivity index (χ4n) is 1.88. The van der Waals surface area contributed by atoms with Gasteiger partial charge in [-0.2, -0.15) is 4.98 Å². The number of pyridine rings is 1. The molecule has 2 N–H and O–H groups in total. The van der Waals surface area contributed by atoms with Crippen molar-refractivity contribution in [3.05, 3.63) is 33.8 Å². The quantitative estimate of drug-likeness (QED) is 0.795. The predicted molar refractivity (Wildman–Crippen MR) is 76.0 cm³/mol. The third-order valence-corrected chi connectivity index (χ3v) is 3.67. The van der Waals surface area contributed by atoms with Gasteiger partial charge in [-0.05, 0) is 25.0 Å². The lowest BCUT2D eigenvalue weighted by Crippen LogP contribution is -1.94. The van der Waals surface area contributed by atoms with Crippen molar-refractivity contribution in [3.8, 4) is 23.1 Å². The summed E-state index contributed by atoms with van der Waals surface area (Å²) in [5, 5.41) is 6.67. The van der Waals surface area contributed by atoms with Gasteiger partial charge in [-0.15, -0.1) is 11.3 Å². The monoisotopic (exact) mass is 287 g/mol. The normalized spacial score (nSPS) is 10.9. The van der Waals surface area contributed by atoms with Crippen LogP contribution in [0, 0.1) is 13.8 Å². The summed E-state index contributed by atoms with van der Waals surface area (Å²) < 4.78 is 5.25. The Morgan fingerprint density at radius 2 is 2.15 bits per heavy atom. The third kappa shape index (κ3) is 2.33. The molecule has 0 atom stereocenters. The second-order valence-electron chi connectivity index (χ2n) is 4.43. The molecule has 20 heavy (non-hydrogen) atoms. The Labute approximate surface area is 119 Å². The first-order chi connectivity index (χ1) is 9.67. The summed E-state index contributed by atoms with van der Waals surface area (Å²) in [6, 6.07) is 2.04. The second-order valence-corrected chi connectivity index (χ2v) is 5.37. The molecular weight excluding hydrogens is 274 g/mol. The van der Waals surface area contributed by atoms with Crippen LogP contribution in [0.3, 0.4) is 0 Å². The first-order valence-corrected chi connectivity index (χ1v) is 6.97. The van der Waals surface area contributed by atoms with Crippen LogP contribution in [0.4, 0.5) is 0 Å². The van der Waals surface area contributed by atoms with E-state index in [0.717, 1.165) is 21.8 Å². The van der Waals surface area contributed by atoms with Gasteiger partial charge < -0.3 is 10.3 Å². The van der Waals surface area contributed by atoms with Crippen LogP contribution >= 0.6 is 11.3 Å². The molecule has 102 valence electrons. The molecule has 3 aromatic rings. The molecule has 0 spiro atoms. The zero-order valence-electron chi connectivity index (χ0n) is 11.1. The molecule has 3 aromatic heterocycles. The maximum Gasteiger partial charge on any atom is 0.277 e. The number of aryl methyl sites for hydroxylation is 2. The molecule has 3 heterocycles. The van der Waals surface area contributed by atoms with Crippen molar-refractivity contribution in [2.75, 3.05) is 0 Å². The van der Waals surface area contributed by atoms with E-state index in [2.05, 4.69) is 20.1 Å². The van der Waals surface area contributed by atoms with Gasteiger partial charge in [-0.3, -0.25) is 4.98 Å². The van der Waals surface area contributed by atoms with Crippen LogP contribution in [-0.4, -0.2) is 20.1 Å². The van der Waals surface area contributed by atoms with Crippen molar-refractivity contribution in [1.82, 2.24) is 20.1 Å².